The third kappa shape index (κ3) is 1.66. The fourth-order valence-electron chi connectivity index (χ4n) is 4.16. The van der Waals surface area contributed by atoms with E-state index in [9.17, 15) is 5.11 Å². The summed E-state index contributed by atoms with van der Waals surface area (Å²) in [5.41, 5.74) is 10.2. The van der Waals surface area contributed by atoms with Crippen LogP contribution >= 0.6 is 0 Å². The Hall–Kier alpha value is -2.60. The molecule has 0 spiro atoms. The molecule has 0 fully saturated rings. The molecule has 4 heterocycles. The van der Waals surface area contributed by atoms with E-state index in [2.05, 4.69) is 32.8 Å². The van der Waals surface area contributed by atoms with Crippen LogP contribution in [0.4, 0.5) is 5.82 Å². The van der Waals surface area contributed by atoms with Crippen molar-refractivity contribution in [1.29, 1.82) is 0 Å². The number of nitrogens with zero attached hydrogens (tertiary/aromatic N) is 4. The van der Waals surface area contributed by atoms with Gasteiger partial charge in [-0.15, -0.1) is 0 Å². The van der Waals surface area contributed by atoms with Gasteiger partial charge in [0.05, 0.1) is 30.0 Å². The van der Waals surface area contributed by atoms with Crippen molar-refractivity contribution in [3.05, 3.63) is 54.1 Å². The first-order chi connectivity index (χ1) is 11.2. The number of aryl methyl sites for hydroxylation is 1. The number of aromatic nitrogens is 4. The van der Waals surface area contributed by atoms with Crippen molar-refractivity contribution in [2.75, 3.05) is 5.73 Å². The van der Waals surface area contributed by atoms with E-state index in [1.165, 1.54) is 11.1 Å². The van der Waals surface area contributed by atoms with Gasteiger partial charge in [-0.1, -0.05) is 24.3 Å². The molecule has 3 atom stereocenters. The summed E-state index contributed by atoms with van der Waals surface area (Å²) in [4.78, 5) is 4.30. The number of fused-ring (bicyclic) bond motifs is 4. The Labute approximate surface area is 133 Å². The number of nitrogens with two attached hydrogens (primary N) is 1. The van der Waals surface area contributed by atoms with Crippen LogP contribution in [0, 0.1) is 5.92 Å². The molecular weight excluding hydrogens is 290 g/mol. The molecule has 0 amide bonds. The number of hydrogen-bond donors (Lipinski definition) is 2. The summed E-state index contributed by atoms with van der Waals surface area (Å²) < 4.78 is 4.01. The summed E-state index contributed by atoms with van der Waals surface area (Å²) in [6.45, 7) is 0.775. The smallest absolute Gasteiger partial charge is 0.145 e. The van der Waals surface area contributed by atoms with Crippen LogP contribution in [0.3, 0.4) is 0 Å². The maximum Gasteiger partial charge on any atom is 0.145 e. The summed E-state index contributed by atoms with van der Waals surface area (Å²) in [6.07, 6.45) is 4.04. The van der Waals surface area contributed by atoms with Crippen molar-refractivity contribution in [2.45, 2.75) is 25.1 Å². The molecule has 5 rings (SSSR count). The van der Waals surface area contributed by atoms with E-state index in [0.717, 1.165) is 24.4 Å². The topological polar surface area (TPSA) is 81.9 Å². The van der Waals surface area contributed by atoms with Crippen LogP contribution in [0.25, 0.3) is 11.3 Å². The average molecular weight is 307 g/mol. The number of benzene rings is 1. The Morgan fingerprint density at radius 3 is 3.04 bits per heavy atom. The van der Waals surface area contributed by atoms with Crippen molar-refractivity contribution in [3.8, 4) is 11.3 Å². The van der Waals surface area contributed by atoms with Gasteiger partial charge in [-0.05, 0) is 12.0 Å². The van der Waals surface area contributed by atoms with Gasteiger partial charge in [0, 0.05) is 24.1 Å². The molecule has 2 aliphatic rings. The summed E-state index contributed by atoms with van der Waals surface area (Å²) in [7, 11) is 0. The van der Waals surface area contributed by atoms with Gasteiger partial charge in [-0.3, -0.25) is 4.68 Å². The van der Waals surface area contributed by atoms with E-state index in [0.29, 0.717) is 5.82 Å². The predicted molar refractivity (Wildman–Crippen MR) is 85.5 cm³/mol. The van der Waals surface area contributed by atoms with Crippen LogP contribution in [0.5, 0.6) is 0 Å². The number of nitrogen functional groups attached to an aromatic ring is 1. The summed E-state index contributed by atoms with van der Waals surface area (Å²) in [5.74, 6) is 0.546. The predicted octanol–water partition coefficient (Wildman–Crippen LogP) is 1.99. The molecule has 0 aliphatic carbocycles. The summed E-state index contributed by atoms with van der Waals surface area (Å²) >= 11 is 0. The normalized spacial score (nSPS) is 25.0. The lowest BCUT2D eigenvalue weighted by atomic mass is 9.83. The van der Waals surface area contributed by atoms with Gasteiger partial charge < -0.3 is 15.4 Å². The van der Waals surface area contributed by atoms with Gasteiger partial charge in [-0.2, -0.15) is 5.10 Å². The van der Waals surface area contributed by atoms with Gasteiger partial charge in [0.1, 0.15) is 11.9 Å². The van der Waals surface area contributed by atoms with Crippen LogP contribution in [0.15, 0.2) is 42.9 Å². The number of anilines is 1. The van der Waals surface area contributed by atoms with E-state index >= 15 is 0 Å². The molecular formula is C17H17N5O. The molecule has 0 saturated heterocycles. The highest BCUT2D eigenvalue weighted by Crippen LogP contribution is 2.48. The molecule has 116 valence electrons. The van der Waals surface area contributed by atoms with Crippen LogP contribution in [0.1, 0.15) is 29.8 Å². The molecule has 6 heteroatoms. The Balaban J connectivity index is 1.63. The quantitative estimate of drug-likeness (QED) is 0.720. The van der Waals surface area contributed by atoms with E-state index in [-0.39, 0.29) is 12.0 Å². The molecule has 0 unspecified atom stereocenters. The van der Waals surface area contributed by atoms with Gasteiger partial charge in [-0.25, -0.2) is 4.98 Å². The lowest BCUT2D eigenvalue weighted by Gasteiger charge is -2.34. The molecule has 23 heavy (non-hydrogen) atoms. The Morgan fingerprint density at radius 1 is 1.26 bits per heavy atom. The highest BCUT2D eigenvalue weighted by Gasteiger charge is 2.41. The number of aliphatic hydroxyl groups is 1. The van der Waals surface area contributed by atoms with Crippen LogP contribution in [-0.2, 0) is 6.54 Å². The highest BCUT2D eigenvalue weighted by atomic mass is 16.3. The van der Waals surface area contributed by atoms with Crippen molar-refractivity contribution in [2.24, 2.45) is 5.92 Å². The molecule has 2 aromatic heterocycles. The molecule has 3 aromatic rings. The summed E-state index contributed by atoms with van der Waals surface area (Å²) in [5, 5.41) is 15.2. The number of hydrogen-bond acceptors (Lipinski definition) is 4. The monoisotopic (exact) mass is 307 g/mol. The van der Waals surface area contributed by atoms with Crippen molar-refractivity contribution < 1.29 is 5.11 Å². The maximum atomic E-state index is 10.9. The van der Waals surface area contributed by atoms with Gasteiger partial charge >= 0.3 is 0 Å². The highest BCUT2D eigenvalue weighted by molar-refractivity contribution is 5.69. The molecule has 6 nitrogen and oxygen atoms in total. The van der Waals surface area contributed by atoms with Crippen molar-refractivity contribution in [1.82, 2.24) is 19.3 Å². The van der Waals surface area contributed by atoms with E-state index in [1.54, 1.807) is 6.07 Å². The third-order valence-electron chi connectivity index (χ3n) is 5.14. The first-order valence-electron chi connectivity index (χ1n) is 7.86. The van der Waals surface area contributed by atoms with Crippen LogP contribution < -0.4 is 5.73 Å². The van der Waals surface area contributed by atoms with Gasteiger partial charge in [0.25, 0.3) is 0 Å². The molecule has 3 N–H and O–H groups in total. The Kier molecular flexibility index (Phi) is 2.50. The number of rotatable bonds is 1. The second kappa shape index (κ2) is 4.45. The van der Waals surface area contributed by atoms with Crippen LogP contribution in [0.2, 0.25) is 0 Å². The second-order valence-electron chi connectivity index (χ2n) is 6.33. The largest absolute Gasteiger partial charge is 0.386 e. The molecule has 0 saturated carbocycles. The first kappa shape index (κ1) is 12.9. The molecule has 2 aliphatic heterocycles. The minimum absolute atomic E-state index is 0.0789. The minimum atomic E-state index is -0.583. The van der Waals surface area contributed by atoms with E-state index in [1.807, 2.05) is 23.3 Å². The third-order valence-corrected chi connectivity index (χ3v) is 5.14. The molecule has 1 aromatic carbocycles. The standard InChI is InChI=1S/C17H17N5O/c18-15-7-13-17(23)12(5-6-22(13)20-15)16-11-4-2-1-3-10(11)14-8-19-9-21(14)16/h1-4,7-9,12,16-17,23H,5-6H2,(H2,18,20)/t12-,16+,17-/m1/s1. The lowest BCUT2D eigenvalue weighted by Crippen LogP contribution is -2.31. The van der Waals surface area contributed by atoms with E-state index in [4.69, 9.17) is 5.73 Å². The van der Waals surface area contributed by atoms with E-state index < -0.39 is 6.10 Å². The molecule has 0 bridgehead atoms. The fourth-order valence-corrected chi connectivity index (χ4v) is 4.16. The van der Waals surface area contributed by atoms with Crippen molar-refractivity contribution >= 4 is 5.82 Å². The fraction of sp³-hybridized carbons (Fsp3) is 0.294. The Morgan fingerprint density at radius 2 is 2.13 bits per heavy atom. The van der Waals surface area contributed by atoms with Crippen LogP contribution in [-0.4, -0.2) is 24.4 Å². The summed E-state index contributed by atoms with van der Waals surface area (Å²) in [6, 6.07) is 10.3. The number of imidazole rings is 1. The second-order valence-corrected chi connectivity index (χ2v) is 6.33. The minimum Gasteiger partial charge on any atom is -0.386 e. The average Bonchev–Trinajstić information content (AvgIpc) is 3.22. The SMILES string of the molecule is Nc1cc2n(n1)CC[C@H]([C@@H]1c3ccccc3-c3cncn31)[C@H]2O. The van der Waals surface area contributed by atoms with Gasteiger partial charge in [0.15, 0.2) is 0 Å². The molecule has 0 radical (unpaired) electrons. The zero-order valence-electron chi connectivity index (χ0n) is 12.5. The van der Waals surface area contributed by atoms with Gasteiger partial charge in [0.2, 0.25) is 0 Å². The first-order valence-corrected chi connectivity index (χ1v) is 7.86. The Bertz CT molecular complexity index is 896. The maximum absolute atomic E-state index is 10.9. The lowest BCUT2D eigenvalue weighted by molar-refractivity contribution is 0.0525. The van der Waals surface area contributed by atoms with Crippen molar-refractivity contribution in [3.63, 3.8) is 0 Å². The zero-order valence-corrected chi connectivity index (χ0v) is 12.5. The zero-order chi connectivity index (χ0) is 15.6. The number of aliphatic hydroxyl groups excluding tert-OH is 1.